The number of aromatic nitrogens is 3. The molecule has 0 unspecified atom stereocenters. The highest BCUT2D eigenvalue weighted by Gasteiger charge is 2.16. The molecule has 2 heterocycles. The molecule has 3 aromatic rings. The van der Waals surface area contributed by atoms with Gasteiger partial charge in [-0.1, -0.05) is 0 Å². The van der Waals surface area contributed by atoms with Gasteiger partial charge in [0, 0.05) is 20.7 Å². The molecule has 0 fully saturated rings. The van der Waals surface area contributed by atoms with Gasteiger partial charge in [-0.15, -0.1) is 11.8 Å². The third kappa shape index (κ3) is 2.46. The van der Waals surface area contributed by atoms with Gasteiger partial charge in [0.2, 0.25) is 0 Å². The largest absolute Gasteiger partial charge is 0.381 e. The zero-order chi connectivity index (χ0) is 15.1. The molecule has 0 amide bonds. The molecule has 0 bridgehead atoms. The molecule has 108 valence electrons. The Bertz CT molecular complexity index is 850. The summed E-state index contributed by atoms with van der Waals surface area (Å²) in [7, 11) is 0. The molecule has 21 heavy (non-hydrogen) atoms. The van der Waals surface area contributed by atoms with Gasteiger partial charge >= 0.3 is 0 Å². The Morgan fingerprint density at radius 2 is 2.05 bits per heavy atom. The van der Waals surface area contributed by atoms with E-state index in [1.54, 1.807) is 12.5 Å². The summed E-state index contributed by atoms with van der Waals surface area (Å²) in [6.07, 6.45) is 3.37. The van der Waals surface area contributed by atoms with E-state index in [0.29, 0.717) is 10.9 Å². The van der Waals surface area contributed by atoms with Crippen LogP contribution in [0.2, 0.25) is 0 Å². The van der Waals surface area contributed by atoms with Gasteiger partial charge in [0.05, 0.1) is 5.52 Å². The molecule has 0 aliphatic carbocycles. The van der Waals surface area contributed by atoms with E-state index in [2.05, 4.69) is 15.0 Å². The fourth-order valence-corrected chi connectivity index (χ4v) is 3.24. The standard InChI is InChI=1S/C13H9F2IN4S/c1-21-13-9(15)11(17)19-12(20-13)7-4-18-10-6(7)2-5(14)3-8(10)16/h2-4,18H,1H3,(H2,17,19,20). The van der Waals surface area contributed by atoms with E-state index in [-0.39, 0.29) is 22.5 Å². The highest BCUT2D eigenvalue weighted by Crippen LogP contribution is 2.32. The number of rotatable bonds is 2. The molecule has 1 aromatic carbocycles. The summed E-state index contributed by atoms with van der Waals surface area (Å²) in [5.41, 5.74) is 6.95. The second kappa shape index (κ2) is 5.41. The van der Waals surface area contributed by atoms with Gasteiger partial charge < -0.3 is 10.7 Å². The van der Waals surface area contributed by atoms with Crippen molar-refractivity contribution in [3.05, 3.63) is 33.5 Å². The van der Waals surface area contributed by atoms with Crippen molar-refractivity contribution in [1.29, 1.82) is 0 Å². The Morgan fingerprint density at radius 1 is 1.29 bits per heavy atom. The minimum Gasteiger partial charge on any atom is -0.381 e. The highest BCUT2D eigenvalue weighted by molar-refractivity contribution is 14.1. The Morgan fingerprint density at radius 3 is 2.76 bits per heavy atom. The quantitative estimate of drug-likeness (QED) is 0.378. The summed E-state index contributed by atoms with van der Waals surface area (Å²) in [4.78, 5) is 11.2. The lowest BCUT2D eigenvalue weighted by Gasteiger charge is -2.05. The van der Waals surface area contributed by atoms with Crippen molar-refractivity contribution in [3.8, 4) is 11.4 Å². The number of anilines is 1. The van der Waals surface area contributed by atoms with Crippen molar-refractivity contribution in [2.75, 3.05) is 12.0 Å². The van der Waals surface area contributed by atoms with E-state index < -0.39 is 5.82 Å². The lowest BCUT2D eigenvalue weighted by Crippen LogP contribution is -2.02. The smallest absolute Gasteiger partial charge is 0.197 e. The third-order valence-electron chi connectivity index (χ3n) is 2.99. The van der Waals surface area contributed by atoms with Gasteiger partial charge in [0.1, 0.15) is 10.8 Å². The van der Waals surface area contributed by atoms with Crippen molar-refractivity contribution in [2.24, 2.45) is 0 Å². The van der Waals surface area contributed by atoms with Crippen LogP contribution in [0.15, 0.2) is 23.4 Å². The molecule has 3 rings (SSSR count). The number of H-pyrrole nitrogens is 1. The van der Waals surface area contributed by atoms with E-state index in [1.807, 2.05) is 22.6 Å². The predicted molar refractivity (Wildman–Crippen MR) is 88.2 cm³/mol. The number of nitrogens with two attached hydrogens (primary N) is 1. The first kappa shape index (κ1) is 14.5. The number of thioether (sulfide) groups is 1. The Kier molecular flexibility index (Phi) is 3.74. The van der Waals surface area contributed by atoms with Crippen LogP contribution in [0, 0.1) is 15.2 Å². The first-order chi connectivity index (χ1) is 10.0. The van der Waals surface area contributed by atoms with Crippen LogP contribution in [0.3, 0.4) is 0 Å². The second-order valence-corrected chi connectivity index (χ2v) is 6.23. The zero-order valence-corrected chi connectivity index (χ0v) is 13.7. The molecule has 0 saturated carbocycles. The molecule has 0 saturated heterocycles. The number of hydrogen-bond acceptors (Lipinski definition) is 4. The number of nitrogen functional groups attached to an aromatic ring is 1. The van der Waals surface area contributed by atoms with Gasteiger partial charge in [0.25, 0.3) is 0 Å². The summed E-state index contributed by atoms with van der Waals surface area (Å²) < 4.78 is 28.1. The van der Waals surface area contributed by atoms with E-state index in [9.17, 15) is 8.78 Å². The van der Waals surface area contributed by atoms with Crippen molar-refractivity contribution in [1.82, 2.24) is 15.0 Å². The van der Waals surface area contributed by atoms with Gasteiger partial charge in [-0.25, -0.2) is 14.4 Å². The summed E-state index contributed by atoms with van der Waals surface area (Å²) >= 11 is 3.18. The van der Waals surface area contributed by atoms with Crippen LogP contribution >= 0.6 is 34.4 Å². The molecule has 0 atom stereocenters. The summed E-state index contributed by atoms with van der Waals surface area (Å²) in [5, 5.41) is 0.801. The maximum absolute atomic E-state index is 13.7. The molecule has 0 radical (unpaired) electrons. The fourth-order valence-electron chi connectivity index (χ4n) is 2.04. The fraction of sp³-hybridized carbons (Fsp3) is 0.0769. The molecular weight excluding hydrogens is 409 g/mol. The molecule has 2 aromatic heterocycles. The number of halogens is 3. The van der Waals surface area contributed by atoms with Crippen LogP contribution in [0.25, 0.3) is 22.3 Å². The van der Waals surface area contributed by atoms with Crippen LogP contribution in [0.4, 0.5) is 14.6 Å². The van der Waals surface area contributed by atoms with Crippen molar-refractivity contribution in [3.63, 3.8) is 0 Å². The average molecular weight is 418 g/mol. The lowest BCUT2D eigenvalue weighted by molar-refractivity contribution is 0.587. The van der Waals surface area contributed by atoms with Crippen LogP contribution in [0.1, 0.15) is 0 Å². The van der Waals surface area contributed by atoms with E-state index >= 15 is 0 Å². The molecule has 8 heteroatoms. The van der Waals surface area contributed by atoms with Crippen molar-refractivity contribution < 1.29 is 8.78 Å². The predicted octanol–water partition coefficient (Wildman–Crippen LogP) is 3.81. The molecule has 0 aliphatic heterocycles. The Hall–Kier alpha value is -1.42. The van der Waals surface area contributed by atoms with Crippen LogP contribution in [-0.2, 0) is 0 Å². The average Bonchev–Trinajstić information content (AvgIpc) is 2.85. The zero-order valence-electron chi connectivity index (χ0n) is 10.7. The second-order valence-electron chi connectivity index (χ2n) is 4.27. The van der Waals surface area contributed by atoms with Crippen LogP contribution < -0.4 is 5.73 Å². The lowest BCUT2D eigenvalue weighted by atomic mass is 10.1. The Labute approximate surface area is 136 Å². The monoisotopic (exact) mass is 418 g/mol. The van der Waals surface area contributed by atoms with Gasteiger partial charge in [0.15, 0.2) is 17.5 Å². The topological polar surface area (TPSA) is 67.6 Å². The van der Waals surface area contributed by atoms with Crippen LogP contribution in [-0.4, -0.2) is 21.2 Å². The van der Waals surface area contributed by atoms with Gasteiger partial charge in [-0.2, -0.15) is 4.39 Å². The third-order valence-corrected chi connectivity index (χ3v) is 4.49. The first-order valence-corrected chi connectivity index (χ1v) is 8.15. The maximum atomic E-state index is 13.7. The molecular formula is C13H9F2IN4S. The minimum absolute atomic E-state index is 0.165. The van der Waals surface area contributed by atoms with E-state index in [4.69, 9.17) is 5.73 Å². The normalized spacial score (nSPS) is 11.2. The van der Waals surface area contributed by atoms with Crippen LogP contribution in [0.5, 0.6) is 0 Å². The summed E-state index contributed by atoms with van der Waals surface area (Å²) in [6, 6.07) is 2.82. The molecule has 0 aliphatic rings. The SMILES string of the molecule is CSc1nc(-c2c[nH]c3c(I)cc(F)cc23)nc(N)c1F. The number of nitrogens with zero attached hydrogens (tertiary/aromatic N) is 2. The molecule has 3 N–H and O–H groups in total. The highest BCUT2D eigenvalue weighted by atomic mass is 127. The number of aromatic amines is 1. The maximum Gasteiger partial charge on any atom is 0.197 e. The van der Waals surface area contributed by atoms with Crippen molar-refractivity contribution >= 4 is 51.1 Å². The number of fused-ring (bicyclic) bond motifs is 1. The summed E-state index contributed by atoms with van der Waals surface area (Å²) in [5.74, 6) is -0.935. The van der Waals surface area contributed by atoms with E-state index in [1.165, 1.54) is 12.1 Å². The minimum atomic E-state index is -0.633. The van der Waals surface area contributed by atoms with Gasteiger partial charge in [-0.3, -0.25) is 0 Å². The van der Waals surface area contributed by atoms with Gasteiger partial charge in [-0.05, 0) is 41.0 Å². The molecule has 0 spiro atoms. The van der Waals surface area contributed by atoms with E-state index in [0.717, 1.165) is 20.8 Å². The first-order valence-electron chi connectivity index (χ1n) is 5.84. The molecule has 4 nitrogen and oxygen atoms in total. The Balaban J connectivity index is 2.28. The van der Waals surface area contributed by atoms with Crippen molar-refractivity contribution in [2.45, 2.75) is 5.03 Å². The number of hydrogen-bond donors (Lipinski definition) is 2. The number of nitrogens with one attached hydrogen (secondary N) is 1. The summed E-state index contributed by atoms with van der Waals surface area (Å²) in [6.45, 7) is 0. The number of benzene rings is 1.